The molecule has 5 nitrogen and oxygen atoms in total. The van der Waals surface area contributed by atoms with Crippen LogP contribution in [0.15, 0.2) is 66.7 Å². The molecule has 0 fully saturated rings. The number of benzene rings is 3. The monoisotopic (exact) mass is 371 g/mol. The molecule has 3 aromatic carbocycles. The molecule has 0 saturated carbocycles. The first-order chi connectivity index (χ1) is 13.5. The van der Waals surface area contributed by atoms with Gasteiger partial charge in [0.05, 0.1) is 35.7 Å². The van der Waals surface area contributed by atoms with Crippen molar-refractivity contribution in [3.8, 4) is 17.2 Å². The lowest BCUT2D eigenvalue weighted by Crippen LogP contribution is -2.21. The van der Waals surface area contributed by atoms with E-state index in [1.165, 1.54) is 7.11 Å². The number of carbonyl (C=O) groups excluding carboxylic acids is 1. The minimum Gasteiger partial charge on any atom is -0.465 e. The predicted octanol–water partition coefficient (Wildman–Crippen LogP) is 4.23. The molecule has 0 heterocycles. The molecule has 0 atom stereocenters. The van der Waals surface area contributed by atoms with E-state index in [1.54, 1.807) is 18.2 Å². The second-order valence-electron chi connectivity index (χ2n) is 6.45. The summed E-state index contributed by atoms with van der Waals surface area (Å²) in [5.41, 5.74) is 11.3. The maximum atomic E-state index is 12.1. The quantitative estimate of drug-likeness (QED) is 0.536. The van der Waals surface area contributed by atoms with E-state index < -0.39 is 5.97 Å². The first-order valence-electron chi connectivity index (χ1n) is 8.81. The van der Waals surface area contributed by atoms with Gasteiger partial charge in [-0.05, 0) is 34.9 Å². The highest BCUT2D eigenvalue weighted by molar-refractivity contribution is 5.99. The third kappa shape index (κ3) is 3.81. The van der Waals surface area contributed by atoms with Crippen molar-refractivity contribution in [1.29, 1.82) is 5.26 Å². The molecule has 0 saturated heterocycles. The van der Waals surface area contributed by atoms with E-state index in [9.17, 15) is 10.1 Å². The summed E-state index contributed by atoms with van der Waals surface area (Å²) in [6, 6.07) is 23.0. The molecule has 5 heteroatoms. The number of nitrogens with two attached hydrogens (primary N) is 1. The molecule has 0 aliphatic rings. The lowest BCUT2D eigenvalue weighted by Gasteiger charge is -2.23. The summed E-state index contributed by atoms with van der Waals surface area (Å²) in [4.78, 5) is 14.0. The van der Waals surface area contributed by atoms with Crippen LogP contribution in [0, 0.1) is 11.3 Å². The number of hydrogen-bond donors (Lipinski definition) is 1. The Balaban J connectivity index is 1.86. The molecule has 0 radical (unpaired) electrons. The molecular formula is C23H21N3O2. The number of para-hydroxylation sites is 1. The molecule has 0 aliphatic carbocycles. The summed E-state index contributed by atoms with van der Waals surface area (Å²) in [6.07, 6.45) is 0. The van der Waals surface area contributed by atoms with Crippen molar-refractivity contribution in [2.75, 3.05) is 24.8 Å². The van der Waals surface area contributed by atoms with Crippen LogP contribution in [0.3, 0.4) is 0 Å². The smallest absolute Gasteiger partial charge is 0.340 e. The summed E-state index contributed by atoms with van der Waals surface area (Å²) in [7, 11) is 3.24. The van der Waals surface area contributed by atoms with Gasteiger partial charge in [-0.3, -0.25) is 0 Å². The van der Waals surface area contributed by atoms with E-state index in [1.807, 2.05) is 60.5 Å². The zero-order valence-corrected chi connectivity index (χ0v) is 15.8. The minimum absolute atomic E-state index is 0.419. The van der Waals surface area contributed by atoms with Gasteiger partial charge in [-0.25, -0.2) is 4.79 Å². The molecule has 3 aromatic rings. The third-order valence-corrected chi connectivity index (χ3v) is 4.59. The van der Waals surface area contributed by atoms with Crippen LogP contribution in [0.5, 0.6) is 0 Å². The summed E-state index contributed by atoms with van der Waals surface area (Å²) < 4.78 is 4.87. The molecule has 28 heavy (non-hydrogen) atoms. The van der Waals surface area contributed by atoms with Crippen molar-refractivity contribution in [3.05, 3.63) is 83.4 Å². The van der Waals surface area contributed by atoms with E-state index in [2.05, 4.69) is 6.07 Å². The summed E-state index contributed by atoms with van der Waals surface area (Å²) in [5, 5.41) is 9.29. The van der Waals surface area contributed by atoms with Crippen LogP contribution in [0.1, 0.15) is 21.5 Å². The van der Waals surface area contributed by atoms with Gasteiger partial charge in [-0.1, -0.05) is 48.5 Å². The maximum absolute atomic E-state index is 12.1. The Morgan fingerprint density at radius 3 is 2.46 bits per heavy atom. The third-order valence-electron chi connectivity index (χ3n) is 4.59. The van der Waals surface area contributed by atoms with Crippen molar-refractivity contribution in [3.63, 3.8) is 0 Å². The highest BCUT2D eigenvalue weighted by atomic mass is 16.5. The molecule has 2 N–H and O–H groups in total. The first-order valence-corrected chi connectivity index (χ1v) is 8.81. The topological polar surface area (TPSA) is 79.3 Å². The van der Waals surface area contributed by atoms with Crippen LogP contribution in [0.4, 0.5) is 11.4 Å². The predicted molar refractivity (Wildman–Crippen MR) is 111 cm³/mol. The fourth-order valence-corrected chi connectivity index (χ4v) is 3.24. The molecule has 0 amide bonds. The van der Waals surface area contributed by atoms with Gasteiger partial charge in [-0.15, -0.1) is 0 Å². The lowest BCUT2D eigenvalue weighted by atomic mass is 9.99. The van der Waals surface area contributed by atoms with E-state index in [0.717, 1.165) is 16.7 Å². The molecule has 140 valence electrons. The number of nitriles is 1. The Hall–Kier alpha value is -3.78. The first kappa shape index (κ1) is 19.0. The normalized spacial score (nSPS) is 10.2. The minimum atomic E-state index is -0.419. The van der Waals surface area contributed by atoms with Gasteiger partial charge < -0.3 is 15.4 Å². The molecular weight excluding hydrogens is 350 g/mol. The second kappa shape index (κ2) is 8.28. The zero-order valence-electron chi connectivity index (χ0n) is 15.8. The van der Waals surface area contributed by atoms with Crippen molar-refractivity contribution in [2.45, 2.75) is 6.54 Å². The number of anilines is 2. The van der Waals surface area contributed by atoms with E-state index in [-0.39, 0.29) is 0 Å². The largest absolute Gasteiger partial charge is 0.465 e. The molecule has 0 aromatic heterocycles. The summed E-state index contributed by atoms with van der Waals surface area (Å²) in [6.45, 7) is 0.568. The SMILES string of the molecule is COC(=O)c1cccc(N)c1N(C)Cc1ccc(-c2ccccc2C#N)cc1. The Kier molecular flexibility index (Phi) is 5.61. The number of carbonyl (C=O) groups is 1. The molecule has 0 spiro atoms. The molecule has 0 aliphatic heterocycles. The van der Waals surface area contributed by atoms with Crippen molar-refractivity contribution >= 4 is 17.3 Å². The van der Waals surface area contributed by atoms with Crippen LogP contribution in [-0.2, 0) is 11.3 Å². The van der Waals surface area contributed by atoms with Crippen LogP contribution < -0.4 is 10.6 Å². The summed E-state index contributed by atoms with van der Waals surface area (Å²) in [5.74, 6) is -0.419. The standard InChI is InChI=1S/C23H21N3O2/c1-26(22-20(23(27)28-2)8-5-9-21(22)25)15-16-10-12-17(13-11-16)19-7-4-3-6-18(19)14-24/h3-13H,15,25H2,1-2H3. The van der Waals surface area contributed by atoms with Crippen LogP contribution in [-0.4, -0.2) is 20.1 Å². The van der Waals surface area contributed by atoms with Gasteiger partial charge >= 0.3 is 5.97 Å². The van der Waals surface area contributed by atoms with Crippen molar-refractivity contribution < 1.29 is 9.53 Å². The highest BCUT2D eigenvalue weighted by Gasteiger charge is 2.17. The van der Waals surface area contributed by atoms with Gasteiger partial charge in [0, 0.05) is 13.6 Å². The molecule has 0 unspecified atom stereocenters. The number of hydrogen-bond acceptors (Lipinski definition) is 5. The summed E-state index contributed by atoms with van der Waals surface area (Å²) >= 11 is 0. The highest BCUT2D eigenvalue weighted by Crippen LogP contribution is 2.29. The fraction of sp³-hybridized carbons (Fsp3) is 0.130. The maximum Gasteiger partial charge on any atom is 0.340 e. The van der Waals surface area contributed by atoms with E-state index in [4.69, 9.17) is 10.5 Å². The van der Waals surface area contributed by atoms with Gasteiger partial charge in [0.15, 0.2) is 0 Å². The van der Waals surface area contributed by atoms with Gasteiger partial charge in [0.25, 0.3) is 0 Å². The van der Waals surface area contributed by atoms with Crippen molar-refractivity contribution in [2.24, 2.45) is 0 Å². The zero-order chi connectivity index (χ0) is 20.1. The Morgan fingerprint density at radius 1 is 1.07 bits per heavy atom. The Labute approximate surface area is 164 Å². The molecule has 3 rings (SSSR count). The lowest BCUT2D eigenvalue weighted by molar-refractivity contribution is 0.0601. The number of rotatable bonds is 5. The number of esters is 1. The average Bonchev–Trinajstić information content (AvgIpc) is 2.73. The number of nitrogen functional groups attached to an aromatic ring is 1. The number of methoxy groups -OCH3 is 1. The van der Waals surface area contributed by atoms with Gasteiger partial charge in [0.1, 0.15) is 0 Å². The van der Waals surface area contributed by atoms with Gasteiger partial charge in [0.2, 0.25) is 0 Å². The Morgan fingerprint density at radius 2 is 1.79 bits per heavy atom. The number of nitrogens with zero attached hydrogens (tertiary/aromatic N) is 2. The van der Waals surface area contributed by atoms with Crippen LogP contribution in [0.2, 0.25) is 0 Å². The second-order valence-corrected chi connectivity index (χ2v) is 6.45. The van der Waals surface area contributed by atoms with Crippen molar-refractivity contribution in [1.82, 2.24) is 0 Å². The van der Waals surface area contributed by atoms with E-state index in [0.29, 0.717) is 29.0 Å². The molecule has 0 bridgehead atoms. The fourth-order valence-electron chi connectivity index (χ4n) is 3.24. The number of ether oxygens (including phenoxy) is 1. The van der Waals surface area contributed by atoms with Crippen LogP contribution >= 0.6 is 0 Å². The Bertz CT molecular complexity index is 1040. The van der Waals surface area contributed by atoms with E-state index >= 15 is 0 Å². The van der Waals surface area contributed by atoms with Crippen LogP contribution in [0.25, 0.3) is 11.1 Å². The average molecular weight is 371 g/mol. The van der Waals surface area contributed by atoms with Gasteiger partial charge in [-0.2, -0.15) is 5.26 Å².